The van der Waals surface area contributed by atoms with Gasteiger partial charge in [-0.2, -0.15) is 0 Å². The third-order valence-corrected chi connectivity index (χ3v) is 3.32. The van der Waals surface area contributed by atoms with Gasteiger partial charge in [-0.1, -0.05) is 0 Å². The number of nitrogens with one attached hydrogen (secondary N) is 2. The van der Waals surface area contributed by atoms with Crippen molar-refractivity contribution in [2.75, 3.05) is 5.32 Å². The van der Waals surface area contributed by atoms with E-state index in [9.17, 15) is 4.79 Å². The molecule has 0 saturated carbocycles. The van der Waals surface area contributed by atoms with Crippen LogP contribution in [0.3, 0.4) is 0 Å². The van der Waals surface area contributed by atoms with Gasteiger partial charge in [-0.3, -0.25) is 4.79 Å². The van der Waals surface area contributed by atoms with Gasteiger partial charge in [-0.05, 0) is 46.3 Å². The Labute approximate surface area is 117 Å². The van der Waals surface area contributed by atoms with E-state index < -0.39 is 0 Å². The number of imidazole rings is 1. The van der Waals surface area contributed by atoms with Crippen LogP contribution in [0.4, 0.5) is 5.69 Å². The first-order valence-electron chi connectivity index (χ1n) is 5.59. The number of nitrogens with zero attached hydrogens (tertiary/aromatic N) is 2. The summed E-state index contributed by atoms with van der Waals surface area (Å²) in [6.45, 7) is 0. The lowest BCUT2D eigenvalue weighted by atomic mass is 10.2. The molecule has 2 aromatic heterocycles. The van der Waals surface area contributed by atoms with Crippen LogP contribution in [-0.2, 0) is 0 Å². The molecular weight excluding hydrogens is 308 g/mol. The number of anilines is 1. The first-order chi connectivity index (χ1) is 9.24. The third kappa shape index (κ3) is 2.34. The average molecular weight is 317 g/mol. The Bertz CT molecular complexity index is 753. The fourth-order valence-electron chi connectivity index (χ4n) is 1.75. The minimum absolute atomic E-state index is 0.190. The first-order valence-corrected chi connectivity index (χ1v) is 6.38. The highest BCUT2D eigenvalue weighted by Gasteiger charge is 2.09. The molecule has 94 valence electrons. The van der Waals surface area contributed by atoms with E-state index in [2.05, 4.69) is 36.2 Å². The number of carbonyl (C=O) groups excluding carboxylic acids is 1. The fourth-order valence-corrected chi connectivity index (χ4v) is 2.10. The minimum Gasteiger partial charge on any atom is -0.345 e. The molecule has 0 saturated heterocycles. The molecule has 0 radical (unpaired) electrons. The highest BCUT2D eigenvalue weighted by atomic mass is 79.9. The summed E-state index contributed by atoms with van der Waals surface area (Å²) in [6, 6.07) is 8.85. The van der Waals surface area contributed by atoms with Gasteiger partial charge in [0.15, 0.2) is 0 Å². The maximum absolute atomic E-state index is 12.1. The second kappa shape index (κ2) is 4.81. The van der Waals surface area contributed by atoms with Crippen molar-refractivity contribution in [2.24, 2.45) is 0 Å². The number of halogens is 1. The number of hydrogen-bond acceptors (Lipinski definition) is 3. The van der Waals surface area contributed by atoms with Crippen molar-refractivity contribution in [3.63, 3.8) is 0 Å². The predicted molar refractivity (Wildman–Crippen MR) is 76.0 cm³/mol. The van der Waals surface area contributed by atoms with E-state index in [1.54, 1.807) is 42.9 Å². The van der Waals surface area contributed by atoms with E-state index in [0.717, 1.165) is 11.0 Å². The van der Waals surface area contributed by atoms with Gasteiger partial charge in [0.25, 0.3) is 5.91 Å². The standard InChI is InChI=1S/C13H9BrN4O/c14-12-10(2-1-5-15-12)18-13(19)8-3-4-9-11(6-8)17-7-16-9/h1-7H,(H,16,17)(H,18,19). The molecule has 6 heteroatoms. The number of aromatic nitrogens is 3. The summed E-state index contributed by atoms with van der Waals surface area (Å²) in [6.07, 6.45) is 3.25. The summed E-state index contributed by atoms with van der Waals surface area (Å²) >= 11 is 3.29. The molecule has 3 rings (SSSR count). The van der Waals surface area contributed by atoms with Crippen LogP contribution in [0.15, 0.2) is 47.5 Å². The second-order valence-corrected chi connectivity index (χ2v) is 4.68. The molecule has 1 amide bonds. The Morgan fingerprint density at radius 1 is 1.26 bits per heavy atom. The second-order valence-electron chi connectivity index (χ2n) is 3.93. The zero-order valence-corrected chi connectivity index (χ0v) is 11.3. The van der Waals surface area contributed by atoms with Crippen molar-refractivity contribution in [1.29, 1.82) is 0 Å². The lowest BCUT2D eigenvalue weighted by Gasteiger charge is -2.06. The monoisotopic (exact) mass is 316 g/mol. The van der Waals surface area contributed by atoms with Crippen LogP contribution in [0, 0.1) is 0 Å². The Kier molecular flexibility index (Phi) is 3.00. The molecule has 0 aliphatic carbocycles. The molecule has 2 N–H and O–H groups in total. The average Bonchev–Trinajstić information content (AvgIpc) is 2.88. The minimum atomic E-state index is -0.190. The summed E-state index contributed by atoms with van der Waals surface area (Å²) in [5.41, 5.74) is 2.86. The van der Waals surface area contributed by atoms with Crippen LogP contribution in [0.25, 0.3) is 11.0 Å². The van der Waals surface area contributed by atoms with Crippen LogP contribution >= 0.6 is 15.9 Å². The normalized spacial score (nSPS) is 10.6. The molecule has 0 spiro atoms. The Morgan fingerprint density at radius 2 is 2.16 bits per heavy atom. The van der Waals surface area contributed by atoms with Gasteiger partial charge in [0.2, 0.25) is 0 Å². The smallest absolute Gasteiger partial charge is 0.255 e. The Hall–Kier alpha value is -2.21. The van der Waals surface area contributed by atoms with Crippen LogP contribution in [0.5, 0.6) is 0 Å². The number of benzene rings is 1. The number of aromatic amines is 1. The van der Waals surface area contributed by atoms with Gasteiger partial charge in [0, 0.05) is 11.8 Å². The molecule has 0 bridgehead atoms. The summed E-state index contributed by atoms with van der Waals surface area (Å²) in [5, 5.41) is 2.80. The van der Waals surface area contributed by atoms with Crippen molar-refractivity contribution in [3.8, 4) is 0 Å². The number of fused-ring (bicyclic) bond motifs is 1. The van der Waals surface area contributed by atoms with Crippen molar-refractivity contribution in [3.05, 3.63) is 53.0 Å². The first kappa shape index (κ1) is 11.9. The van der Waals surface area contributed by atoms with E-state index >= 15 is 0 Å². The number of carbonyl (C=O) groups is 1. The van der Waals surface area contributed by atoms with Gasteiger partial charge in [0.05, 0.1) is 23.0 Å². The molecular formula is C13H9BrN4O. The molecule has 2 heterocycles. The molecule has 0 atom stereocenters. The zero-order chi connectivity index (χ0) is 13.2. The summed E-state index contributed by atoms with van der Waals surface area (Å²) in [5.74, 6) is -0.190. The number of amides is 1. The molecule has 0 fully saturated rings. The summed E-state index contributed by atoms with van der Waals surface area (Å²) in [7, 11) is 0. The lowest BCUT2D eigenvalue weighted by molar-refractivity contribution is 0.102. The molecule has 0 aliphatic rings. The van der Waals surface area contributed by atoms with Crippen LogP contribution in [0.1, 0.15) is 10.4 Å². The van der Waals surface area contributed by atoms with E-state index in [0.29, 0.717) is 15.9 Å². The summed E-state index contributed by atoms with van der Waals surface area (Å²) < 4.78 is 0.603. The van der Waals surface area contributed by atoms with Crippen molar-refractivity contribution >= 4 is 38.6 Å². The lowest BCUT2D eigenvalue weighted by Crippen LogP contribution is -2.12. The Balaban J connectivity index is 1.89. The Morgan fingerprint density at radius 3 is 3.00 bits per heavy atom. The number of pyridine rings is 1. The van der Waals surface area contributed by atoms with E-state index in [1.165, 1.54) is 0 Å². The van der Waals surface area contributed by atoms with Crippen molar-refractivity contribution < 1.29 is 4.79 Å². The van der Waals surface area contributed by atoms with Gasteiger partial charge >= 0.3 is 0 Å². The SMILES string of the molecule is O=C(Nc1cccnc1Br)c1ccc2nc[nH]c2c1. The molecule has 5 nitrogen and oxygen atoms in total. The zero-order valence-electron chi connectivity index (χ0n) is 9.72. The quantitative estimate of drug-likeness (QED) is 0.714. The fraction of sp³-hybridized carbons (Fsp3) is 0. The third-order valence-electron chi connectivity index (χ3n) is 2.69. The van der Waals surface area contributed by atoms with Gasteiger partial charge in [0.1, 0.15) is 4.60 Å². The topological polar surface area (TPSA) is 70.7 Å². The molecule has 3 aromatic rings. The number of H-pyrrole nitrogens is 1. The number of hydrogen-bond donors (Lipinski definition) is 2. The highest BCUT2D eigenvalue weighted by molar-refractivity contribution is 9.10. The molecule has 0 aliphatic heterocycles. The highest BCUT2D eigenvalue weighted by Crippen LogP contribution is 2.20. The van der Waals surface area contributed by atoms with Gasteiger partial charge in [-0.15, -0.1) is 0 Å². The van der Waals surface area contributed by atoms with Gasteiger partial charge in [-0.25, -0.2) is 9.97 Å². The van der Waals surface area contributed by atoms with Crippen molar-refractivity contribution in [1.82, 2.24) is 15.0 Å². The molecule has 19 heavy (non-hydrogen) atoms. The van der Waals surface area contributed by atoms with Crippen molar-refractivity contribution in [2.45, 2.75) is 0 Å². The van der Waals surface area contributed by atoms with Crippen LogP contribution < -0.4 is 5.32 Å². The van der Waals surface area contributed by atoms with Crippen LogP contribution in [-0.4, -0.2) is 20.9 Å². The van der Waals surface area contributed by atoms with Gasteiger partial charge < -0.3 is 10.3 Å². The van der Waals surface area contributed by atoms with Crippen LogP contribution in [0.2, 0.25) is 0 Å². The van der Waals surface area contributed by atoms with E-state index in [-0.39, 0.29) is 5.91 Å². The molecule has 0 unspecified atom stereocenters. The molecule has 1 aromatic carbocycles. The van der Waals surface area contributed by atoms with E-state index in [4.69, 9.17) is 0 Å². The van der Waals surface area contributed by atoms with E-state index in [1.807, 2.05) is 0 Å². The predicted octanol–water partition coefficient (Wildman–Crippen LogP) is 2.97. The maximum Gasteiger partial charge on any atom is 0.255 e. The number of rotatable bonds is 2. The summed E-state index contributed by atoms with van der Waals surface area (Å²) in [4.78, 5) is 23.3. The maximum atomic E-state index is 12.1. The largest absolute Gasteiger partial charge is 0.345 e.